The lowest BCUT2D eigenvalue weighted by molar-refractivity contribution is 0.591. The van der Waals surface area contributed by atoms with Crippen LogP contribution in [-0.2, 0) is 18.3 Å². The molecule has 0 amide bonds. The zero-order chi connectivity index (χ0) is 76.9. The van der Waals surface area contributed by atoms with Crippen LogP contribution in [0.2, 0.25) is 0 Å². The van der Waals surface area contributed by atoms with Gasteiger partial charge in [0.15, 0.2) is 28.6 Å². The van der Waals surface area contributed by atoms with E-state index in [-0.39, 0.29) is 0 Å². The van der Waals surface area contributed by atoms with E-state index >= 15 is 0 Å². The highest BCUT2D eigenvalue weighted by atomic mass is 31.2. The number of hydrogen-bond donors (Lipinski definition) is 8. The molecule has 552 valence electrons. The van der Waals surface area contributed by atoms with Gasteiger partial charge in [0.2, 0.25) is 0 Å². The minimum absolute atomic E-state index is 0.774. The van der Waals surface area contributed by atoms with Crippen molar-refractivity contribution in [3.05, 3.63) is 461 Å². The SMILES string of the molecule is O=P(c1ccccc1)(c1ccccc1)c1ccccc1NNc1ccccc1.O=P(c1ccccc1)(c1ccccc1)c1ccccc1NNc1ccccc1.O=P(c1ccccc1)(c1ccccc1)c1ccccc1NNc1ccccc1.O=P(c1ccccc1)(c1ccccc1)c1ccccc1NNc1ccccc1. The van der Waals surface area contributed by atoms with E-state index in [9.17, 15) is 18.3 Å². The molecular formula is C96H84N8O4P4. The third kappa shape index (κ3) is 18.6. The average Bonchev–Trinajstić information content (AvgIpc) is 0.779. The molecule has 0 aliphatic carbocycles. The topological polar surface area (TPSA) is 165 Å². The molecule has 0 aliphatic heterocycles. The summed E-state index contributed by atoms with van der Waals surface area (Å²) in [4.78, 5) is 0. The summed E-state index contributed by atoms with van der Waals surface area (Å²) < 4.78 is 58.3. The molecule has 16 aromatic rings. The lowest BCUT2D eigenvalue weighted by Crippen LogP contribution is -2.28. The number of nitrogens with one attached hydrogen (secondary N) is 8. The fourth-order valence-electron chi connectivity index (χ4n) is 12.9. The highest BCUT2D eigenvalue weighted by molar-refractivity contribution is 7.87. The van der Waals surface area contributed by atoms with Gasteiger partial charge in [-0.3, -0.25) is 0 Å². The Labute approximate surface area is 656 Å². The normalized spacial score (nSPS) is 11.0. The first kappa shape index (κ1) is 77.0. The summed E-state index contributed by atoms with van der Waals surface area (Å²) in [7, 11) is -12.2. The van der Waals surface area contributed by atoms with E-state index in [1.807, 2.05) is 461 Å². The minimum atomic E-state index is -3.04. The van der Waals surface area contributed by atoms with Crippen LogP contribution in [0.4, 0.5) is 45.5 Å². The van der Waals surface area contributed by atoms with Gasteiger partial charge in [-0.1, -0.05) is 364 Å². The van der Waals surface area contributed by atoms with Crippen LogP contribution in [0.15, 0.2) is 461 Å². The molecule has 12 nitrogen and oxygen atoms in total. The molecule has 0 spiro atoms. The predicted molar refractivity (Wildman–Crippen MR) is 478 cm³/mol. The van der Waals surface area contributed by atoms with Gasteiger partial charge in [-0.25, -0.2) is 0 Å². The van der Waals surface area contributed by atoms with Crippen LogP contribution in [0.25, 0.3) is 0 Å². The number of benzene rings is 16. The molecule has 0 radical (unpaired) electrons. The van der Waals surface area contributed by atoms with Crippen LogP contribution in [0, 0.1) is 0 Å². The molecular weight excluding hydrogens is 1450 g/mol. The standard InChI is InChI=1S/4C24H21N2OP/c4*27-28(21-14-6-2-7-15-21,22-16-8-3-9-17-22)24-19-11-10-18-23(24)26-25-20-12-4-1-5-13-20/h4*1-19,25-26H. The van der Waals surface area contributed by atoms with Gasteiger partial charge in [0.05, 0.1) is 45.5 Å². The number of hydrogen-bond acceptors (Lipinski definition) is 12. The van der Waals surface area contributed by atoms with Gasteiger partial charge in [0.25, 0.3) is 0 Å². The van der Waals surface area contributed by atoms with E-state index in [1.54, 1.807) is 0 Å². The Balaban J connectivity index is 0.000000131. The molecule has 0 fully saturated rings. The van der Waals surface area contributed by atoms with Gasteiger partial charge in [-0.05, 0) is 97.1 Å². The summed E-state index contributed by atoms with van der Waals surface area (Å²) in [5.74, 6) is 0. The summed E-state index contributed by atoms with van der Waals surface area (Å²) in [6.07, 6.45) is 0. The van der Waals surface area contributed by atoms with Crippen molar-refractivity contribution in [2.45, 2.75) is 0 Å². The summed E-state index contributed by atoms with van der Waals surface area (Å²) >= 11 is 0. The molecule has 0 bridgehead atoms. The first-order valence-corrected chi connectivity index (χ1v) is 43.5. The van der Waals surface area contributed by atoms with Crippen molar-refractivity contribution < 1.29 is 18.3 Å². The van der Waals surface area contributed by atoms with Crippen LogP contribution in [-0.4, -0.2) is 0 Å². The Morgan fingerprint density at radius 2 is 0.241 bits per heavy atom. The van der Waals surface area contributed by atoms with Crippen molar-refractivity contribution in [2.24, 2.45) is 0 Å². The zero-order valence-corrected chi connectivity index (χ0v) is 64.9. The summed E-state index contributed by atoms with van der Waals surface area (Å²) in [5.41, 5.74) is 32.8. The first-order chi connectivity index (χ1) is 55.1. The molecule has 0 aliphatic rings. The third-order valence-electron chi connectivity index (χ3n) is 18.4. The van der Waals surface area contributed by atoms with E-state index in [1.165, 1.54) is 0 Å². The predicted octanol–water partition coefficient (Wildman–Crippen LogP) is 19.1. The Morgan fingerprint density at radius 1 is 0.125 bits per heavy atom. The quantitative estimate of drug-likeness (QED) is 0.0214. The first-order valence-electron chi connectivity index (χ1n) is 36.7. The van der Waals surface area contributed by atoms with Crippen molar-refractivity contribution in [1.82, 2.24) is 0 Å². The van der Waals surface area contributed by atoms with Gasteiger partial charge in [-0.15, -0.1) is 0 Å². The van der Waals surface area contributed by atoms with E-state index in [4.69, 9.17) is 0 Å². The van der Waals surface area contributed by atoms with Gasteiger partial charge >= 0.3 is 0 Å². The van der Waals surface area contributed by atoms with Crippen molar-refractivity contribution >= 4 is 138 Å². The Bertz CT molecular complexity index is 4880. The fraction of sp³-hybridized carbons (Fsp3) is 0. The molecule has 8 N–H and O–H groups in total. The molecule has 16 heteroatoms. The van der Waals surface area contributed by atoms with E-state index in [0.717, 1.165) is 109 Å². The molecule has 0 saturated carbocycles. The van der Waals surface area contributed by atoms with E-state index in [0.29, 0.717) is 0 Å². The Hall–Kier alpha value is -13.2. The molecule has 0 saturated heterocycles. The molecule has 16 aromatic carbocycles. The highest BCUT2D eigenvalue weighted by Crippen LogP contribution is 2.48. The second-order valence-corrected chi connectivity index (χ2v) is 36.6. The van der Waals surface area contributed by atoms with Crippen LogP contribution < -0.4 is 107 Å². The number of para-hydroxylation sites is 8. The molecule has 0 aromatic heterocycles. The largest absolute Gasteiger partial charge is 0.309 e. The number of anilines is 8. The van der Waals surface area contributed by atoms with Crippen molar-refractivity contribution in [1.29, 1.82) is 0 Å². The Morgan fingerprint density at radius 3 is 0.384 bits per heavy atom. The highest BCUT2D eigenvalue weighted by Gasteiger charge is 2.36. The average molecular weight is 1540 g/mol. The van der Waals surface area contributed by atoms with Gasteiger partial charge in [0, 0.05) is 63.7 Å². The zero-order valence-electron chi connectivity index (χ0n) is 61.3. The molecule has 112 heavy (non-hydrogen) atoms. The monoisotopic (exact) mass is 1540 g/mol. The molecule has 16 rings (SSSR count). The van der Waals surface area contributed by atoms with Crippen LogP contribution in [0.1, 0.15) is 0 Å². The van der Waals surface area contributed by atoms with Crippen molar-refractivity contribution in [3.63, 3.8) is 0 Å². The summed E-state index contributed by atoms with van der Waals surface area (Å²) in [6.45, 7) is 0. The maximum Gasteiger partial charge on any atom is 0.173 e. The summed E-state index contributed by atoms with van der Waals surface area (Å²) in [5, 5.41) is 9.62. The summed E-state index contributed by atoms with van der Waals surface area (Å²) in [6, 6.07) is 148. The lowest BCUT2D eigenvalue weighted by Gasteiger charge is -2.23. The minimum Gasteiger partial charge on any atom is -0.309 e. The maximum atomic E-state index is 14.6. The lowest BCUT2D eigenvalue weighted by atomic mass is 10.3. The fourth-order valence-corrected chi connectivity index (χ4v) is 24.1. The number of rotatable bonds is 24. The van der Waals surface area contributed by atoms with Gasteiger partial charge in [0.1, 0.15) is 0 Å². The molecule has 0 atom stereocenters. The number of hydrazine groups is 4. The second kappa shape index (κ2) is 38.3. The molecule has 0 unspecified atom stereocenters. The van der Waals surface area contributed by atoms with Crippen LogP contribution in [0.3, 0.4) is 0 Å². The van der Waals surface area contributed by atoms with Crippen LogP contribution >= 0.6 is 28.6 Å². The van der Waals surface area contributed by atoms with Crippen molar-refractivity contribution in [2.75, 3.05) is 43.4 Å². The van der Waals surface area contributed by atoms with E-state index < -0.39 is 28.6 Å². The van der Waals surface area contributed by atoms with Crippen LogP contribution in [0.5, 0.6) is 0 Å². The van der Waals surface area contributed by atoms with Crippen molar-refractivity contribution in [3.8, 4) is 0 Å². The third-order valence-corrected chi connectivity index (χ3v) is 30.9. The smallest absolute Gasteiger partial charge is 0.173 e. The van der Waals surface area contributed by atoms with Gasteiger partial charge < -0.3 is 61.7 Å². The molecule has 0 heterocycles. The Kier molecular flexibility index (Phi) is 26.3. The van der Waals surface area contributed by atoms with E-state index in [2.05, 4.69) is 43.4 Å². The van der Waals surface area contributed by atoms with Gasteiger partial charge in [-0.2, -0.15) is 0 Å². The maximum absolute atomic E-state index is 14.6. The second-order valence-electron chi connectivity index (χ2n) is 25.7.